The fourth-order valence-electron chi connectivity index (χ4n) is 0.974. The van der Waals surface area contributed by atoms with Gasteiger partial charge in [-0.2, -0.15) is 0 Å². The van der Waals surface area contributed by atoms with Crippen LogP contribution >= 0.6 is 0 Å². The Labute approximate surface area is 74.2 Å². The number of hydrogen-bond acceptors (Lipinski definition) is 3. The molecule has 0 aliphatic heterocycles. The number of rotatable bonds is 3. The highest BCUT2D eigenvalue weighted by Gasteiger charge is 2.12. The molecule has 0 aliphatic carbocycles. The number of nitrogens with two attached hydrogens (primary N) is 1. The first kappa shape index (κ1) is 10.0. The van der Waals surface area contributed by atoms with Crippen molar-refractivity contribution in [3.63, 3.8) is 0 Å². The van der Waals surface area contributed by atoms with Gasteiger partial charge in [0.1, 0.15) is 11.6 Å². The third kappa shape index (κ3) is 2.43. The van der Waals surface area contributed by atoms with E-state index in [9.17, 15) is 8.78 Å². The fraction of sp³-hybridized carbons (Fsp3) is 0.375. The number of aromatic nitrogens is 1. The number of halogens is 2. The van der Waals surface area contributed by atoms with E-state index in [-0.39, 0.29) is 18.7 Å². The molecular formula is C8H10F2N2O. The van der Waals surface area contributed by atoms with Gasteiger partial charge in [0.15, 0.2) is 0 Å². The minimum atomic E-state index is -0.777. The molecule has 0 fully saturated rings. The van der Waals surface area contributed by atoms with E-state index >= 15 is 0 Å². The van der Waals surface area contributed by atoms with Crippen LogP contribution in [0, 0.1) is 11.6 Å². The van der Waals surface area contributed by atoms with Crippen molar-refractivity contribution in [2.75, 3.05) is 6.61 Å². The van der Waals surface area contributed by atoms with Crippen LogP contribution in [0.25, 0.3) is 0 Å². The number of pyridine rings is 1. The zero-order valence-corrected chi connectivity index (χ0v) is 6.87. The van der Waals surface area contributed by atoms with Crippen LogP contribution in [0.1, 0.15) is 18.2 Å². The third-order valence-corrected chi connectivity index (χ3v) is 1.63. The van der Waals surface area contributed by atoms with Gasteiger partial charge in [0.2, 0.25) is 0 Å². The van der Waals surface area contributed by atoms with Gasteiger partial charge in [-0.15, -0.1) is 0 Å². The normalized spacial score (nSPS) is 12.9. The summed E-state index contributed by atoms with van der Waals surface area (Å²) in [5.41, 5.74) is 5.45. The Hall–Kier alpha value is -1.07. The van der Waals surface area contributed by atoms with Crippen molar-refractivity contribution in [1.82, 2.24) is 4.98 Å². The summed E-state index contributed by atoms with van der Waals surface area (Å²) in [6.45, 7) is -0.153. The first-order valence-electron chi connectivity index (χ1n) is 3.82. The number of nitrogens with zero attached hydrogens (tertiary/aromatic N) is 1. The standard InChI is InChI=1S/C8H10F2N2O/c9-5-3-6(10)8(12-4-5)7(11)1-2-13/h3-4,7,13H,1-2,11H2/t7-/m1/s1. The topological polar surface area (TPSA) is 59.1 Å². The van der Waals surface area contributed by atoms with Crippen LogP contribution in [0.5, 0.6) is 0 Å². The molecule has 1 atom stereocenters. The molecule has 0 spiro atoms. The predicted molar refractivity (Wildman–Crippen MR) is 42.8 cm³/mol. The molecule has 1 aromatic heterocycles. The van der Waals surface area contributed by atoms with Crippen molar-refractivity contribution >= 4 is 0 Å². The summed E-state index contributed by atoms with van der Waals surface area (Å²) in [5, 5.41) is 8.54. The Balaban J connectivity index is 2.88. The molecule has 1 rings (SSSR count). The molecule has 5 heteroatoms. The van der Waals surface area contributed by atoms with E-state index in [1.165, 1.54) is 0 Å². The number of aliphatic hydroxyl groups is 1. The molecule has 0 unspecified atom stereocenters. The van der Waals surface area contributed by atoms with Crippen LogP contribution in [-0.2, 0) is 0 Å². The van der Waals surface area contributed by atoms with Crippen LogP contribution in [-0.4, -0.2) is 16.7 Å². The van der Waals surface area contributed by atoms with Gasteiger partial charge in [0.25, 0.3) is 0 Å². The average molecular weight is 188 g/mol. The summed E-state index contributed by atoms with van der Waals surface area (Å²) in [6, 6.07) is 0.0325. The Morgan fingerprint density at radius 1 is 1.54 bits per heavy atom. The average Bonchev–Trinajstić information content (AvgIpc) is 2.04. The molecule has 1 heterocycles. The quantitative estimate of drug-likeness (QED) is 0.735. The summed E-state index contributed by atoms with van der Waals surface area (Å²) >= 11 is 0. The zero-order valence-electron chi connectivity index (χ0n) is 6.87. The summed E-state index contributed by atoms with van der Waals surface area (Å²) in [4.78, 5) is 3.51. The lowest BCUT2D eigenvalue weighted by Gasteiger charge is -2.09. The minimum Gasteiger partial charge on any atom is -0.396 e. The van der Waals surface area contributed by atoms with E-state index in [2.05, 4.69) is 4.98 Å². The van der Waals surface area contributed by atoms with Crippen LogP contribution < -0.4 is 5.73 Å². The first-order valence-corrected chi connectivity index (χ1v) is 3.82. The molecule has 0 aliphatic rings. The summed E-state index contributed by atoms with van der Waals surface area (Å²) in [6.07, 6.45) is 1.10. The maximum atomic E-state index is 13.0. The van der Waals surface area contributed by atoms with Crippen molar-refractivity contribution in [3.05, 3.63) is 29.6 Å². The van der Waals surface area contributed by atoms with Crippen molar-refractivity contribution in [2.45, 2.75) is 12.5 Å². The Bertz CT molecular complexity index is 293. The zero-order chi connectivity index (χ0) is 9.84. The molecule has 0 aromatic carbocycles. The van der Waals surface area contributed by atoms with Crippen molar-refractivity contribution in [2.24, 2.45) is 5.73 Å². The van der Waals surface area contributed by atoms with E-state index in [0.29, 0.717) is 0 Å². The van der Waals surface area contributed by atoms with Crippen molar-refractivity contribution in [1.29, 1.82) is 0 Å². The largest absolute Gasteiger partial charge is 0.396 e. The predicted octanol–water partition coefficient (Wildman–Crippen LogP) is 0.742. The van der Waals surface area contributed by atoms with Crippen LogP contribution in [0.3, 0.4) is 0 Å². The van der Waals surface area contributed by atoms with Crippen LogP contribution in [0.2, 0.25) is 0 Å². The van der Waals surface area contributed by atoms with Gasteiger partial charge < -0.3 is 10.8 Å². The molecule has 13 heavy (non-hydrogen) atoms. The van der Waals surface area contributed by atoms with Gasteiger partial charge in [0, 0.05) is 12.7 Å². The summed E-state index contributed by atoms with van der Waals surface area (Å²) < 4.78 is 25.4. The lowest BCUT2D eigenvalue weighted by Crippen LogP contribution is -2.15. The van der Waals surface area contributed by atoms with Gasteiger partial charge in [-0.3, -0.25) is 4.98 Å². The lowest BCUT2D eigenvalue weighted by molar-refractivity contribution is 0.274. The maximum absolute atomic E-state index is 13.0. The molecular weight excluding hydrogens is 178 g/mol. The Morgan fingerprint density at radius 3 is 2.77 bits per heavy atom. The molecule has 72 valence electrons. The fourth-order valence-corrected chi connectivity index (χ4v) is 0.974. The number of hydrogen-bond donors (Lipinski definition) is 2. The second-order valence-corrected chi connectivity index (χ2v) is 2.64. The van der Waals surface area contributed by atoms with E-state index in [4.69, 9.17) is 10.8 Å². The number of aliphatic hydroxyl groups excluding tert-OH is 1. The van der Waals surface area contributed by atoms with E-state index < -0.39 is 17.7 Å². The van der Waals surface area contributed by atoms with E-state index in [0.717, 1.165) is 12.3 Å². The van der Waals surface area contributed by atoms with Gasteiger partial charge in [-0.1, -0.05) is 0 Å². The summed E-state index contributed by atoms with van der Waals surface area (Å²) in [7, 11) is 0. The highest BCUT2D eigenvalue weighted by atomic mass is 19.1. The Morgan fingerprint density at radius 2 is 2.23 bits per heavy atom. The monoisotopic (exact) mass is 188 g/mol. The molecule has 0 saturated heterocycles. The smallest absolute Gasteiger partial charge is 0.149 e. The first-order chi connectivity index (χ1) is 6.15. The van der Waals surface area contributed by atoms with E-state index in [1.54, 1.807) is 0 Å². The highest BCUT2D eigenvalue weighted by Crippen LogP contribution is 2.15. The maximum Gasteiger partial charge on any atom is 0.149 e. The second kappa shape index (κ2) is 4.25. The van der Waals surface area contributed by atoms with Crippen LogP contribution in [0.4, 0.5) is 8.78 Å². The Kier molecular flexibility index (Phi) is 3.27. The van der Waals surface area contributed by atoms with Crippen molar-refractivity contribution in [3.8, 4) is 0 Å². The molecule has 0 saturated carbocycles. The highest BCUT2D eigenvalue weighted by molar-refractivity contribution is 5.12. The third-order valence-electron chi connectivity index (χ3n) is 1.63. The molecule has 0 radical (unpaired) electrons. The van der Waals surface area contributed by atoms with Gasteiger partial charge >= 0.3 is 0 Å². The van der Waals surface area contributed by atoms with Gasteiger partial charge in [-0.25, -0.2) is 8.78 Å². The molecule has 0 amide bonds. The molecule has 3 nitrogen and oxygen atoms in total. The summed E-state index contributed by atoms with van der Waals surface area (Å²) in [5.74, 6) is -1.52. The van der Waals surface area contributed by atoms with Crippen LogP contribution in [0.15, 0.2) is 12.3 Å². The lowest BCUT2D eigenvalue weighted by atomic mass is 10.1. The van der Waals surface area contributed by atoms with E-state index in [1.807, 2.05) is 0 Å². The van der Waals surface area contributed by atoms with Gasteiger partial charge in [0.05, 0.1) is 17.9 Å². The molecule has 0 bridgehead atoms. The SMILES string of the molecule is N[C@H](CCO)c1ncc(F)cc1F. The molecule has 1 aromatic rings. The second-order valence-electron chi connectivity index (χ2n) is 2.64. The minimum absolute atomic E-state index is 0.0181. The van der Waals surface area contributed by atoms with Gasteiger partial charge in [-0.05, 0) is 6.42 Å². The van der Waals surface area contributed by atoms with Crippen molar-refractivity contribution < 1.29 is 13.9 Å². The molecule has 3 N–H and O–H groups in total.